The summed E-state index contributed by atoms with van der Waals surface area (Å²) in [6, 6.07) is 0. The molecule has 0 aromatic carbocycles. The average molecular weight is 493 g/mol. The second-order valence-corrected chi connectivity index (χ2v) is 8.63. The Morgan fingerprint density at radius 2 is 1.74 bits per heavy atom. The first-order chi connectivity index (χ1) is 12.7. The number of nitrogens with one attached hydrogen (secondary N) is 1. The Labute approximate surface area is 182 Å². The van der Waals surface area contributed by atoms with Crippen molar-refractivity contribution in [1.29, 1.82) is 0 Å². The first-order valence-electron chi connectivity index (χ1n) is 11.1. The molecule has 0 spiro atoms. The third-order valence-corrected chi connectivity index (χ3v) is 6.43. The lowest BCUT2D eigenvalue weighted by molar-refractivity contribution is 0.000246. The van der Waals surface area contributed by atoms with Crippen molar-refractivity contribution < 1.29 is 9.84 Å². The number of rotatable bonds is 6. The van der Waals surface area contributed by atoms with Crippen LogP contribution in [0.15, 0.2) is 4.99 Å². The summed E-state index contributed by atoms with van der Waals surface area (Å²) in [5.74, 6) is 1.78. The molecule has 0 aromatic heterocycles. The summed E-state index contributed by atoms with van der Waals surface area (Å²) in [7, 11) is 0. The minimum absolute atomic E-state index is 0. The lowest BCUT2D eigenvalue weighted by Gasteiger charge is -2.35. The SMILES string of the molecule is CCNC(=NCC1(O)CCCCC1)N1CCC(OCC2CCCC2)CC1.I. The molecule has 2 saturated carbocycles. The van der Waals surface area contributed by atoms with Crippen molar-refractivity contribution in [3.05, 3.63) is 0 Å². The van der Waals surface area contributed by atoms with Gasteiger partial charge in [-0.2, -0.15) is 0 Å². The van der Waals surface area contributed by atoms with Crippen molar-refractivity contribution in [3.8, 4) is 0 Å². The number of halogens is 1. The van der Waals surface area contributed by atoms with Crippen LogP contribution in [0.4, 0.5) is 0 Å². The highest BCUT2D eigenvalue weighted by Crippen LogP contribution is 2.28. The fourth-order valence-corrected chi connectivity index (χ4v) is 4.70. The van der Waals surface area contributed by atoms with Gasteiger partial charge in [0.25, 0.3) is 0 Å². The Morgan fingerprint density at radius 1 is 1.07 bits per heavy atom. The van der Waals surface area contributed by atoms with Crippen LogP contribution in [0.25, 0.3) is 0 Å². The summed E-state index contributed by atoms with van der Waals surface area (Å²) in [5, 5.41) is 14.2. The van der Waals surface area contributed by atoms with E-state index < -0.39 is 5.60 Å². The van der Waals surface area contributed by atoms with Crippen LogP contribution in [0.5, 0.6) is 0 Å². The third kappa shape index (κ3) is 7.35. The Kier molecular flexibility index (Phi) is 10.1. The molecule has 5 nitrogen and oxygen atoms in total. The number of aliphatic hydroxyl groups is 1. The highest BCUT2D eigenvalue weighted by atomic mass is 127. The zero-order chi connectivity index (χ0) is 18.2. The maximum absolute atomic E-state index is 10.7. The van der Waals surface area contributed by atoms with Gasteiger partial charge in [0.05, 0.1) is 18.2 Å². The molecule has 3 fully saturated rings. The van der Waals surface area contributed by atoms with Crippen molar-refractivity contribution in [1.82, 2.24) is 10.2 Å². The van der Waals surface area contributed by atoms with E-state index in [2.05, 4.69) is 17.1 Å². The lowest BCUT2D eigenvalue weighted by Crippen LogP contribution is -2.48. The highest BCUT2D eigenvalue weighted by molar-refractivity contribution is 14.0. The van der Waals surface area contributed by atoms with E-state index in [0.717, 1.165) is 76.6 Å². The minimum Gasteiger partial charge on any atom is -0.388 e. The maximum Gasteiger partial charge on any atom is 0.194 e. The molecule has 1 saturated heterocycles. The van der Waals surface area contributed by atoms with Gasteiger partial charge in [0.2, 0.25) is 0 Å². The molecule has 0 bridgehead atoms. The van der Waals surface area contributed by atoms with Gasteiger partial charge in [-0.3, -0.25) is 4.99 Å². The summed E-state index contributed by atoms with van der Waals surface area (Å²) < 4.78 is 6.20. The van der Waals surface area contributed by atoms with E-state index >= 15 is 0 Å². The molecule has 3 rings (SSSR count). The summed E-state index contributed by atoms with van der Waals surface area (Å²) in [5.41, 5.74) is -0.582. The largest absolute Gasteiger partial charge is 0.388 e. The fourth-order valence-electron chi connectivity index (χ4n) is 4.70. The van der Waals surface area contributed by atoms with E-state index in [-0.39, 0.29) is 24.0 Å². The average Bonchev–Trinajstić information content (AvgIpc) is 3.18. The zero-order valence-corrected chi connectivity index (χ0v) is 19.5. The molecule has 1 heterocycles. The quantitative estimate of drug-likeness (QED) is 0.335. The second kappa shape index (κ2) is 11.8. The number of hydrogen-bond acceptors (Lipinski definition) is 3. The number of ether oxygens (including phenoxy) is 1. The lowest BCUT2D eigenvalue weighted by atomic mass is 9.85. The predicted octanol–water partition coefficient (Wildman–Crippen LogP) is 3.94. The third-order valence-electron chi connectivity index (χ3n) is 6.43. The van der Waals surface area contributed by atoms with Crippen molar-refractivity contribution in [2.24, 2.45) is 10.9 Å². The molecule has 0 atom stereocenters. The van der Waals surface area contributed by atoms with Gasteiger partial charge < -0.3 is 20.1 Å². The number of guanidine groups is 1. The molecule has 0 amide bonds. The molecule has 2 N–H and O–H groups in total. The number of aliphatic imine (C=N–C) groups is 1. The van der Waals surface area contributed by atoms with Crippen molar-refractivity contribution in [3.63, 3.8) is 0 Å². The van der Waals surface area contributed by atoms with Crippen molar-refractivity contribution in [2.75, 3.05) is 32.8 Å². The number of piperidine rings is 1. The van der Waals surface area contributed by atoms with Gasteiger partial charge in [0.15, 0.2) is 5.96 Å². The monoisotopic (exact) mass is 493 g/mol. The number of nitrogens with zero attached hydrogens (tertiary/aromatic N) is 2. The first kappa shape index (κ1) is 23.2. The molecule has 27 heavy (non-hydrogen) atoms. The van der Waals surface area contributed by atoms with Gasteiger partial charge in [-0.1, -0.05) is 32.1 Å². The molecule has 3 aliphatic rings. The topological polar surface area (TPSA) is 57.1 Å². The Balaban J connectivity index is 0.00000261. The second-order valence-electron chi connectivity index (χ2n) is 8.63. The number of likely N-dealkylation sites (tertiary alicyclic amines) is 1. The molecule has 6 heteroatoms. The van der Waals surface area contributed by atoms with Gasteiger partial charge >= 0.3 is 0 Å². The van der Waals surface area contributed by atoms with Gasteiger partial charge in [0, 0.05) is 26.2 Å². The van der Waals surface area contributed by atoms with Gasteiger partial charge in [-0.25, -0.2) is 0 Å². The van der Waals surface area contributed by atoms with E-state index in [4.69, 9.17) is 9.73 Å². The predicted molar refractivity (Wildman–Crippen MR) is 122 cm³/mol. The van der Waals surface area contributed by atoms with Crippen LogP contribution < -0.4 is 5.32 Å². The Bertz CT molecular complexity index is 441. The van der Waals surface area contributed by atoms with Crippen LogP contribution in [0, 0.1) is 5.92 Å². The molecule has 0 radical (unpaired) electrons. The first-order valence-corrected chi connectivity index (χ1v) is 11.1. The van der Waals surface area contributed by atoms with Crippen LogP contribution in [0.1, 0.15) is 77.6 Å². The van der Waals surface area contributed by atoms with Crippen molar-refractivity contribution in [2.45, 2.75) is 89.3 Å². The fraction of sp³-hybridized carbons (Fsp3) is 0.952. The Morgan fingerprint density at radius 3 is 2.37 bits per heavy atom. The van der Waals surface area contributed by atoms with Crippen LogP contribution in [-0.4, -0.2) is 60.5 Å². The van der Waals surface area contributed by atoms with Gasteiger partial charge in [-0.15, -0.1) is 24.0 Å². The molecule has 2 aliphatic carbocycles. The van der Waals surface area contributed by atoms with Crippen LogP contribution in [-0.2, 0) is 4.74 Å². The van der Waals surface area contributed by atoms with E-state index in [1.165, 1.54) is 32.1 Å². The number of hydrogen-bond donors (Lipinski definition) is 2. The molecular weight excluding hydrogens is 453 g/mol. The molecule has 0 unspecified atom stereocenters. The zero-order valence-electron chi connectivity index (χ0n) is 17.1. The summed E-state index contributed by atoms with van der Waals surface area (Å²) in [4.78, 5) is 7.16. The summed E-state index contributed by atoms with van der Waals surface area (Å²) in [6.45, 7) is 6.48. The van der Waals surface area contributed by atoms with Crippen LogP contribution >= 0.6 is 24.0 Å². The van der Waals surface area contributed by atoms with Gasteiger partial charge in [-0.05, 0) is 51.4 Å². The standard InChI is InChI=1S/C21H39N3O2.HI/c1-2-22-20(23-17-21(25)12-6-3-7-13-21)24-14-10-19(11-15-24)26-16-18-8-4-5-9-18;/h18-19,25H,2-17H2,1H3,(H,22,23);1H. The van der Waals surface area contributed by atoms with E-state index in [0.29, 0.717) is 12.6 Å². The van der Waals surface area contributed by atoms with Gasteiger partial charge in [0.1, 0.15) is 0 Å². The maximum atomic E-state index is 10.7. The molecular formula is C21H40IN3O2. The van der Waals surface area contributed by atoms with E-state index in [1.807, 2.05) is 0 Å². The molecule has 158 valence electrons. The smallest absolute Gasteiger partial charge is 0.194 e. The van der Waals surface area contributed by atoms with E-state index in [9.17, 15) is 5.11 Å². The Hall–Kier alpha value is -0.0800. The van der Waals surface area contributed by atoms with Crippen molar-refractivity contribution >= 4 is 29.9 Å². The van der Waals surface area contributed by atoms with Crippen LogP contribution in [0.3, 0.4) is 0 Å². The summed E-state index contributed by atoms with van der Waals surface area (Å²) in [6.07, 6.45) is 13.4. The van der Waals surface area contributed by atoms with Crippen LogP contribution in [0.2, 0.25) is 0 Å². The molecule has 1 aliphatic heterocycles. The summed E-state index contributed by atoms with van der Waals surface area (Å²) >= 11 is 0. The normalized spacial score (nSPS) is 24.7. The van der Waals surface area contributed by atoms with E-state index in [1.54, 1.807) is 0 Å². The minimum atomic E-state index is -0.582. The highest BCUT2D eigenvalue weighted by Gasteiger charge is 2.30. The molecule has 0 aromatic rings.